The lowest BCUT2D eigenvalue weighted by atomic mass is 10.3. The molecule has 0 saturated carbocycles. The summed E-state index contributed by atoms with van der Waals surface area (Å²) in [6.07, 6.45) is 0.720. The molecule has 0 rings (SSSR count). The van der Waals surface area contributed by atoms with Crippen molar-refractivity contribution in [3.63, 3.8) is 0 Å². The van der Waals surface area contributed by atoms with Crippen molar-refractivity contribution in [3.8, 4) is 0 Å². The molecule has 0 bridgehead atoms. The van der Waals surface area contributed by atoms with Crippen LogP contribution >= 0.6 is 12.6 Å². The Morgan fingerprint density at radius 2 is 3.00 bits per heavy atom. The van der Waals surface area contributed by atoms with E-state index in [1.165, 1.54) is 0 Å². The summed E-state index contributed by atoms with van der Waals surface area (Å²) in [5.74, 6) is 0.429. The molecular weight excluding hydrogens is 109 g/mol. The lowest BCUT2D eigenvalue weighted by molar-refractivity contribution is -0.108. The van der Waals surface area contributed by atoms with Crippen LogP contribution in [-0.4, -0.2) is 27.4 Å². The first-order valence-electron chi connectivity index (χ1n) is 2.45. The van der Waals surface area contributed by atoms with Crippen molar-refractivity contribution >= 4 is 26.9 Å². The molecule has 0 unspecified atom stereocenters. The Labute approximate surface area is 50.9 Å². The summed E-state index contributed by atoms with van der Waals surface area (Å²) in [6, 6.07) is -0.309. The lowest BCUT2D eigenvalue weighted by Gasteiger charge is -2.00. The molecule has 0 spiro atoms. The molecule has 1 radical (unpaired) electrons. The maximum Gasteiger partial charge on any atom is 0.183 e. The van der Waals surface area contributed by atoms with Crippen LogP contribution < -0.4 is 5.23 Å². The molecule has 0 aliphatic carbocycles. The molecule has 0 amide bonds. The highest BCUT2D eigenvalue weighted by Crippen LogP contribution is 1.77. The van der Waals surface area contributed by atoms with E-state index in [4.69, 9.17) is 1.34 Å². The fourth-order valence-electron chi connectivity index (χ4n) is 0.135. The molecule has 0 aliphatic heterocycles. The van der Waals surface area contributed by atoms with Gasteiger partial charge in [0.1, 0.15) is 6.29 Å². The topological polar surface area (TPSA) is 29.1 Å². The normalized spacial score (nSPS) is 14.7. The average molecular weight is 118 g/mol. The number of hydrogen-bond donors (Lipinski definition) is 2. The van der Waals surface area contributed by atoms with Crippen molar-refractivity contribution in [2.75, 3.05) is 5.75 Å². The number of rotatable bonds is 4. The quantitative estimate of drug-likeness (QED) is 0.278. The molecule has 0 aliphatic rings. The van der Waals surface area contributed by atoms with E-state index >= 15 is 0 Å². The third-order valence-corrected chi connectivity index (χ3v) is 0.968. The van der Waals surface area contributed by atoms with Gasteiger partial charge in [-0.15, -0.1) is 0 Å². The van der Waals surface area contributed by atoms with Crippen molar-refractivity contribution in [3.05, 3.63) is 0 Å². The molecule has 2 nitrogen and oxygen atoms in total. The van der Waals surface area contributed by atoms with Gasteiger partial charge in [0.15, 0.2) is 7.94 Å². The molecule has 39 valence electrons. The molecular formula is C3H7BNOS. The summed E-state index contributed by atoms with van der Waals surface area (Å²) in [6.45, 7) is 0. The average Bonchev–Trinajstić information content (AvgIpc) is 1.83. The Balaban J connectivity index is 3.21. The molecule has 0 saturated heterocycles. The van der Waals surface area contributed by atoms with E-state index in [0.717, 1.165) is 14.2 Å². The lowest BCUT2D eigenvalue weighted by Crippen LogP contribution is -2.29. The van der Waals surface area contributed by atoms with Crippen molar-refractivity contribution < 1.29 is 4.79 Å². The maximum absolute atomic E-state index is 9.91. The zero-order chi connectivity index (χ0) is 6.41. The van der Waals surface area contributed by atoms with Gasteiger partial charge in [0.2, 0.25) is 0 Å². The number of thiol groups is 1. The van der Waals surface area contributed by atoms with Gasteiger partial charge in [-0.2, -0.15) is 12.6 Å². The predicted octanol–water partition coefficient (Wildman–Crippen LogP) is -1.11. The largest absolute Gasteiger partial charge is 0.355 e. The summed E-state index contributed by atoms with van der Waals surface area (Å²) < 4.78 is 6.51. The molecule has 0 aromatic carbocycles. The highest BCUT2D eigenvalue weighted by atomic mass is 32.1. The first-order chi connectivity index (χ1) is 3.85. The third-order valence-electron chi connectivity index (χ3n) is 0.575. The van der Waals surface area contributed by atoms with E-state index in [1.54, 1.807) is 0 Å². The smallest absolute Gasteiger partial charge is 0.183 e. The Bertz CT molecular complexity index is 74.3. The van der Waals surface area contributed by atoms with Crippen LogP contribution in [0.25, 0.3) is 0 Å². The number of carbonyl (C=O) groups is 1. The molecule has 0 fully saturated rings. The van der Waals surface area contributed by atoms with Crippen LogP contribution in [0.1, 0.15) is 0 Å². The van der Waals surface area contributed by atoms with E-state index in [2.05, 4.69) is 17.9 Å². The van der Waals surface area contributed by atoms with Crippen LogP contribution in [0.15, 0.2) is 0 Å². The predicted molar refractivity (Wildman–Crippen MR) is 34.0 cm³/mol. The SMILES string of the molecule is [3H][B]N[C@H](C=O)CS. The van der Waals surface area contributed by atoms with Crippen LogP contribution in [0.4, 0.5) is 0 Å². The summed E-state index contributed by atoms with van der Waals surface area (Å²) in [5, 5.41) is 2.48. The molecule has 0 heterocycles. The van der Waals surface area contributed by atoms with E-state index in [9.17, 15) is 4.79 Å². The summed E-state index contributed by atoms with van der Waals surface area (Å²) in [4.78, 5) is 9.91. The van der Waals surface area contributed by atoms with Gasteiger partial charge in [-0.3, -0.25) is 0 Å². The van der Waals surface area contributed by atoms with Gasteiger partial charge in [0.05, 0.1) is 6.04 Å². The minimum absolute atomic E-state index is 0.309. The molecule has 4 heteroatoms. The number of aldehydes is 1. The third kappa shape index (κ3) is 2.71. The second kappa shape index (κ2) is 4.21. The van der Waals surface area contributed by atoms with Gasteiger partial charge in [0.25, 0.3) is 0 Å². The van der Waals surface area contributed by atoms with E-state index in [0.29, 0.717) is 5.75 Å². The zero-order valence-corrected chi connectivity index (χ0v) is 4.69. The highest BCUT2D eigenvalue weighted by molar-refractivity contribution is 7.80. The van der Waals surface area contributed by atoms with Gasteiger partial charge < -0.3 is 10.0 Å². The van der Waals surface area contributed by atoms with Gasteiger partial charge in [-0.05, 0) is 1.34 Å². The number of carbonyl (C=O) groups excluding carboxylic acids is 1. The summed E-state index contributed by atoms with van der Waals surface area (Å²) >= 11 is 3.83. The van der Waals surface area contributed by atoms with Crippen molar-refractivity contribution in [2.24, 2.45) is 0 Å². The van der Waals surface area contributed by atoms with Crippen molar-refractivity contribution in [2.45, 2.75) is 6.04 Å². The minimum atomic E-state index is -0.309. The Morgan fingerprint density at radius 3 is 3.14 bits per heavy atom. The Kier molecular flexibility index (Phi) is 3.12. The van der Waals surface area contributed by atoms with Gasteiger partial charge >= 0.3 is 0 Å². The van der Waals surface area contributed by atoms with Crippen LogP contribution in [0.5, 0.6) is 0 Å². The standard InChI is InChI=1S/C3H7BNOS/c4-5-3(1-6)2-7/h1,3-5,7H,2H2/t3-/m1/s1/i4T. The Hall–Kier alpha value is 0.0449. The molecule has 0 aromatic rings. The fourth-order valence-corrected chi connectivity index (χ4v) is 0.326. The molecule has 1 atom stereocenters. The van der Waals surface area contributed by atoms with Gasteiger partial charge in [-0.1, -0.05) is 0 Å². The number of nitrogens with one attached hydrogen (secondary N) is 1. The van der Waals surface area contributed by atoms with Crippen LogP contribution in [0.3, 0.4) is 0 Å². The van der Waals surface area contributed by atoms with Crippen LogP contribution in [0.2, 0.25) is 0 Å². The highest BCUT2D eigenvalue weighted by Gasteiger charge is 1.95. The van der Waals surface area contributed by atoms with Crippen LogP contribution in [0, 0.1) is 0 Å². The second-order valence-corrected chi connectivity index (χ2v) is 1.46. The van der Waals surface area contributed by atoms with Gasteiger partial charge in [-0.25, -0.2) is 0 Å². The maximum atomic E-state index is 9.91. The molecule has 1 N–H and O–H groups in total. The van der Waals surface area contributed by atoms with Crippen LogP contribution in [-0.2, 0) is 4.79 Å². The second-order valence-electron chi connectivity index (χ2n) is 1.09. The summed E-state index contributed by atoms with van der Waals surface area (Å²) in [5.41, 5.74) is 0. The fraction of sp³-hybridized carbons (Fsp3) is 0.667. The monoisotopic (exact) mass is 118 g/mol. The van der Waals surface area contributed by atoms with Crippen molar-refractivity contribution in [1.82, 2.24) is 5.23 Å². The van der Waals surface area contributed by atoms with E-state index in [-0.39, 0.29) is 6.04 Å². The van der Waals surface area contributed by atoms with E-state index < -0.39 is 0 Å². The molecule has 7 heavy (non-hydrogen) atoms. The van der Waals surface area contributed by atoms with E-state index in [1.807, 2.05) is 0 Å². The zero-order valence-electron chi connectivity index (χ0n) is 4.79. The first kappa shape index (κ1) is 5.19. The van der Waals surface area contributed by atoms with Crippen molar-refractivity contribution in [1.29, 1.82) is 1.34 Å². The summed E-state index contributed by atoms with van der Waals surface area (Å²) in [7, 11) is 0.981. The number of hydrogen-bond acceptors (Lipinski definition) is 3. The van der Waals surface area contributed by atoms with Gasteiger partial charge in [0, 0.05) is 5.75 Å². The Morgan fingerprint density at radius 1 is 2.29 bits per heavy atom. The molecule has 0 aromatic heterocycles. The minimum Gasteiger partial charge on any atom is -0.355 e. The first-order valence-corrected chi connectivity index (χ1v) is 2.50.